The lowest BCUT2D eigenvalue weighted by atomic mass is 10.1. The molecule has 1 unspecified atom stereocenters. The minimum Gasteiger partial charge on any atom is -0.494 e. The summed E-state index contributed by atoms with van der Waals surface area (Å²) in [6.45, 7) is 3.21. The maximum atomic E-state index is 12.0. The molecule has 1 aromatic rings. The second-order valence-corrected chi connectivity index (χ2v) is 4.30. The predicted octanol–water partition coefficient (Wildman–Crippen LogP) is 1.44. The van der Waals surface area contributed by atoms with Gasteiger partial charge < -0.3 is 20.1 Å². The van der Waals surface area contributed by atoms with Gasteiger partial charge in [-0.15, -0.1) is 12.4 Å². The SMILES string of the molecule is CCOc1ccccc1CN(C)C(=O)C(N)COC.Cl. The van der Waals surface area contributed by atoms with Crippen LogP contribution in [-0.2, 0) is 16.1 Å². The molecule has 0 saturated heterocycles. The number of carbonyl (C=O) groups is 1. The van der Waals surface area contributed by atoms with Crippen molar-refractivity contribution in [2.24, 2.45) is 5.73 Å². The molecule has 20 heavy (non-hydrogen) atoms. The van der Waals surface area contributed by atoms with E-state index in [2.05, 4.69) is 0 Å². The van der Waals surface area contributed by atoms with Gasteiger partial charge in [0, 0.05) is 26.3 Å². The van der Waals surface area contributed by atoms with Gasteiger partial charge in [-0.25, -0.2) is 0 Å². The summed E-state index contributed by atoms with van der Waals surface area (Å²) in [5.74, 6) is 0.651. The fourth-order valence-corrected chi connectivity index (χ4v) is 1.80. The van der Waals surface area contributed by atoms with Gasteiger partial charge in [0.25, 0.3) is 0 Å². The van der Waals surface area contributed by atoms with Crippen LogP contribution in [0.2, 0.25) is 0 Å². The van der Waals surface area contributed by atoms with Gasteiger partial charge >= 0.3 is 0 Å². The normalized spacial score (nSPS) is 11.4. The Balaban J connectivity index is 0.00000361. The highest BCUT2D eigenvalue weighted by Crippen LogP contribution is 2.19. The number of likely N-dealkylation sites (N-methyl/N-ethyl adjacent to an activating group) is 1. The lowest BCUT2D eigenvalue weighted by Gasteiger charge is -2.22. The summed E-state index contributed by atoms with van der Waals surface area (Å²) in [5, 5.41) is 0. The van der Waals surface area contributed by atoms with Crippen LogP contribution >= 0.6 is 12.4 Å². The molecular formula is C14H23ClN2O3. The summed E-state index contributed by atoms with van der Waals surface area (Å²) in [6, 6.07) is 7.04. The number of ether oxygens (including phenoxy) is 2. The van der Waals surface area contributed by atoms with E-state index in [1.165, 1.54) is 7.11 Å². The molecule has 0 heterocycles. The number of rotatable bonds is 7. The Bertz CT molecular complexity index is 415. The molecule has 0 saturated carbocycles. The summed E-state index contributed by atoms with van der Waals surface area (Å²) in [7, 11) is 3.25. The first-order valence-electron chi connectivity index (χ1n) is 6.30. The molecule has 2 N–H and O–H groups in total. The average Bonchev–Trinajstić information content (AvgIpc) is 2.40. The third-order valence-corrected chi connectivity index (χ3v) is 2.72. The number of hydrogen-bond donors (Lipinski definition) is 1. The van der Waals surface area contributed by atoms with E-state index in [-0.39, 0.29) is 24.9 Å². The molecule has 1 amide bonds. The standard InChI is InChI=1S/C14H22N2O3.ClH/c1-4-19-13-8-6-5-7-11(13)9-16(2)14(17)12(15)10-18-3;/h5-8,12H,4,9-10,15H2,1-3H3;1H. The second-order valence-electron chi connectivity index (χ2n) is 4.30. The quantitative estimate of drug-likeness (QED) is 0.828. The first-order valence-corrected chi connectivity index (χ1v) is 6.30. The molecule has 6 heteroatoms. The number of para-hydroxylation sites is 1. The van der Waals surface area contributed by atoms with Crippen LogP contribution in [0.4, 0.5) is 0 Å². The van der Waals surface area contributed by atoms with Crippen LogP contribution < -0.4 is 10.5 Å². The van der Waals surface area contributed by atoms with Crippen molar-refractivity contribution in [3.05, 3.63) is 29.8 Å². The van der Waals surface area contributed by atoms with Crippen molar-refractivity contribution >= 4 is 18.3 Å². The van der Waals surface area contributed by atoms with E-state index in [1.54, 1.807) is 11.9 Å². The number of hydrogen-bond acceptors (Lipinski definition) is 4. The highest BCUT2D eigenvalue weighted by molar-refractivity contribution is 5.85. The fourth-order valence-electron chi connectivity index (χ4n) is 1.80. The van der Waals surface area contributed by atoms with Crippen LogP contribution in [0.25, 0.3) is 0 Å². The van der Waals surface area contributed by atoms with Crippen molar-refractivity contribution in [2.45, 2.75) is 19.5 Å². The molecule has 0 aliphatic rings. The number of amides is 1. The van der Waals surface area contributed by atoms with Crippen LogP contribution in [0, 0.1) is 0 Å². The molecule has 0 aliphatic heterocycles. The number of nitrogens with two attached hydrogens (primary N) is 1. The Morgan fingerprint density at radius 2 is 2.05 bits per heavy atom. The van der Waals surface area contributed by atoms with Crippen molar-refractivity contribution in [3.63, 3.8) is 0 Å². The zero-order valence-electron chi connectivity index (χ0n) is 12.2. The third kappa shape index (κ3) is 5.36. The Morgan fingerprint density at radius 1 is 1.40 bits per heavy atom. The first-order chi connectivity index (χ1) is 9.10. The lowest BCUT2D eigenvalue weighted by Crippen LogP contribution is -2.44. The van der Waals surface area contributed by atoms with Gasteiger partial charge in [-0.05, 0) is 13.0 Å². The molecular weight excluding hydrogens is 280 g/mol. The van der Waals surface area contributed by atoms with Crippen molar-refractivity contribution in [3.8, 4) is 5.75 Å². The minimum absolute atomic E-state index is 0. The van der Waals surface area contributed by atoms with Crippen LogP contribution in [-0.4, -0.2) is 44.2 Å². The highest BCUT2D eigenvalue weighted by Gasteiger charge is 2.18. The second kappa shape index (κ2) is 9.58. The van der Waals surface area contributed by atoms with Crippen molar-refractivity contribution in [1.29, 1.82) is 0 Å². The first kappa shape index (κ1) is 18.7. The molecule has 5 nitrogen and oxygen atoms in total. The van der Waals surface area contributed by atoms with Crippen molar-refractivity contribution < 1.29 is 14.3 Å². The largest absolute Gasteiger partial charge is 0.494 e. The third-order valence-electron chi connectivity index (χ3n) is 2.72. The Labute approximate surface area is 126 Å². The maximum absolute atomic E-state index is 12.0. The summed E-state index contributed by atoms with van der Waals surface area (Å²) < 4.78 is 10.4. The molecule has 1 rings (SSSR count). The van der Waals surface area contributed by atoms with Crippen LogP contribution in [0.15, 0.2) is 24.3 Å². The number of carbonyl (C=O) groups excluding carboxylic acids is 1. The van der Waals surface area contributed by atoms with Gasteiger partial charge in [0.15, 0.2) is 0 Å². The molecule has 1 aromatic carbocycles. The Kier molecular flexibility index (Phi) is 8.96. The van der Waals surface area contributed by atoms with E-state index in [1.807, 2.05) is 31.2 Å². The van der Waals surface area contributed by atoms with E-state index in [9.17, 15) is 4.79 Å². The monoisotopic (exact) mass is 302 g/mol. The number of nitrogens with zero attached hydrogens (tertiary/aromatic N) is 1. The molecule has 0 spiro atoms. The molecule has 0 radical (unpaired) electrons. The molecule has 1 atom stereocenters. The average molecular weight is 303 g/mol. The van der Waals surface area contributed by atoms with E-state index in [0.29, 0.717) is 13.2 Å². The maximum Gasteiger partial charge on any atom is 0.241 e. The van der Waals surface area contributed by atoms with Gasteiger partial charge in [0.2, 0.25) is 5.91 Å². The summed E-state index contributed by atoms with van der Waals surface area (Å²) in [5.41, 5.74) is 6.69. The van der Waals surface area contributed by atoms with Crippen LogP contribution in [0.5, 0.6) is 5.75 Å². The zero-order chi connectivity index (χ0) is 14.3. The van der Waals surface area contributed by atoms with Gasteiger partial charge in [-0.1, -0.05) is 18.2 Å². The van der Waals surface area contributed by atoms with E-state index >= 15 is 0 Å². The van der Waals surface area contributed by atoms with Crippen LogP contribution in [0.1, 0.15) is 12.5 Å². The number of benzene rings is 1. The van der Waals surface area contributed by atoms with Crippen LogP contribution in [0.3, 0.4) is 0 Å². The van der Waals surface area contributed by atoms with E-state index in [0.717, 1.165) is 11.3 Å². The molecule has 0 fully saturated rings. The van der Waals surface area contributed by atoms with Gasteiger partial charge in [-0.2, -0.15) is 0 Å². The highest BCUT2D eigenvalue weighted by atomic mass is 35.5. The lowest BCUT2D eigenvalue weighted by molar-refractivity contribution is -0.133. The summed E-state index contributed by atoms with van der Waals surface area (Å²) in [6.07, 6.45) is 0. The smallest absolute Gasteiger partial charge is 0.241 e. The fraction of sp³-hybridized carbons (Fsp3) is 0.500. The number of methoxy groups -OCH3 is 1. The number of halogens is 1. The topological polar surface area (TPSA) is 64.8 Å². The summed E-state index contributed by atoms with van der Waals surface area (Å²) >= 11 is 0. The van der Waals surface area contributed by atoms with Gasteiger partial charge in [0.1, 0.15) is 11.8 Å². The zero-order valence-corrected chi connectivity index (χ0v) is 13.0. The molecule has 0 aromatic heterocycles. The summed E-state index contributed by atoms with van der Waals surface area (Å²) in [4.78, 5) is 13.6. The van der Waals surface area contributed by atoms with Crippen molar-refractivity contribution in [1.82, 2.24) is 4.90 Å². The van der Waals surface area contributed by atoms with Gasteiger partial charge in [-0.3, -0.25) is 4.79 Å². The molecule has 114 valence electrons. The predicted molar refractivity (Wildman–Crippen MR) is 81.2 cm³/mol. The molecule has 0 bridgehead atoms. The van der Waals surface area contributed by atoms with Crippen molar-refractivity contribution in [2.75, 3.05) is 27.4 Å². The van der Waals surface area contributed by atoms with E-state index < -0.39 is 6.04 Å². The Hall–Kier alpha value is -1.30. The Morgan fingerprint density at radius 3 is 2.65 bits per heavy atom. The molecule has 0 aliphatic carbocycles. The van der Waals surface area contributed by atoms with E-state index in [4.69, 9.17) is 15.2 Å². The minimum atomic E-state index is -0.630. The van der Waals surface area contributed by atoms with Gasteiger partial charge in [0.05, 0.1) is 13.2 Å².